The van der Waals surface area contributed by atoms with Crippen molar-refractivity contribution in [2.24, 2.45) is 0 Å². The number of nitrogens with one attached hydrogen (secondary N) is 1. The van der Waals surface area contributed by atoms with Crippen LogP contribution in [0.15, 0.2) is 34.9 Å². The van der Waals surface area contributed by atoms with Crippen molar-refractivity contribution in [1.82, 2.24) is 0 Å². The molecule has 0 spiro atoms. The van der Waals surface area contributed by atoms with Gasteiger partial charge in [0.05, 0.1) is 12.0 Å². The highest BCUT2D eigenvalue weighted by molar-refractivity contribution is 5.88. The van der Waals surface area contributed by atoms with E-state index in [1.54, 1.807) is 6.26 Å². The van der Waals surface area contributed by atoms with Crippen molar-refractivity contribution >= 4 is 16.7 Å². The molecule has 2 nitrogen and oxygen atoms in total. The molecule has 1 aromatic carbocycles. The van der Waals surface area contributed by atoms with Gasteiger partial charge in [0, 0.05) is 11.9 Å². The van der Waals surface area contributed by atoms with E-state index in [4.69, 9.17) is 4.42 Å². The van der Waals surface area contributed by atoms with Crippen LogP contribution >= 0.6 is 0 Å². The first kappa shape index (κ1) is 9.13. The summed E-state index contributed by atoms with van der Waals surface area (Å²) in [6.07, 6.45) is 4.13. The normalized spacial score (nSPS) is 10.6. The molecule has 0 radical (unpaired) electrons. The predicted octanol–water partition coefficient (Wildman–Crippen LogP) is 3.64. The number of para-hydroxylation sites is 1. The third-order valence-corrected chi connectivity index (χ3v) is 2.32. The molecule has 0 saturated carbocycles. The zero-order valence-electron chi connectivity index (χ0n) is 8.42. The number of benzene rings is 1. The predicted molar refractivity (Wildman–Crippen MR) is 59.6 cm³/mol. The van der Waals surface area contributed by atoms with Crippen LogP contribution in [0, 0.1) is 0 Å². The molecule has 0 aliphatic carbocycles. The molecule has 2 aromatic rings. The Balaban J connectivity index is 2.19. The number of unbranched alkanes of at least 4 members (excludes halogenated alkanes) is 1. The van der Waals surface area contributed by atoms with Crippen LogP contribution in [-0.2, 0) is 0 Å². The minimum absolute atomic E-state index is 0.962. The van der Waals surface area contributed by atoms with Crippen molar-refractivity contribution in [3.05, 3.63) is 30.5 Å². The van der Waals surface area contributed by atoms with Crippen molar-refractivity contribution < 1.29 is 4.42 Å². The van der Waals surface area contributed by atoms with Gasteiger partial charge >= 0.3 is 0 Å². The number of fused-ring (bicyclic) bond motifs is 1. The SMILES string of the molecule is CCCCNc1cccc2ccoc12. The monoisotopic (exact) mass is 189 g/mol. The molecule has 1 N–H and O–H groups in total. The Bertz CT molecular complexity index is 405. The lowest BCUT2D eigenvalue weighted by Crippen LogP contribution is -2.00. The van der Waals surface area contributed by atoms with E-state index >= 15 is 0 Å². The molecule has 1 aromatic heterocycles. The van der Waals surface area contributed by atoms with Gasteiger partial charge in [0.15, 0.2) is 5.58 Å². The summed E-state index contributed by atoms with van der Waals surface area (Å²) < 4.78 is 5.42. The van der Waals surface area contributed by atoms with E-state index in [0.29, 0.717) is 0 Å². The fourth-order valence-corrected chi connectivity index (χ4v) is 1.53. The molecule has 2 heteroatoms. The zero-order chi connectivity index (χ0) is 9.80. The van der Waals surface area contributed by atoms with E-state index in [2.05, 4.69) is 24.4 Å². The highest BCUT2D eigenvalue weighted by Gasteiger charge is 2.01. The Labute approximate surface area is 83.9 Å². The van der Waals surface area contributed by atoms with Gasteiger partial charge in [-0.3, -0.25) is 0 Å². The average Bonchev–Trinajstić information content (AvgIpc) is 2.67. The number of hydrogen-bond acceptors (Lipinski definition) is 2. The van der Waals surface area contributed by atoms with E-state index < -0.39 is 0 Å². The van der Waals surface area contributed by atoms with Gasteiger partial charge in [-0.1, -0.05) is 25.5 Å². The molecular formula is C12H15NO. The summed E-state index contributed by atoms with van der Waals surface area (Å²) >= 11 is 0. The Hall–Kier alpha value is -1.44. The molecule has 0 unspecified atom stereocenters. The summed E-state index contributed by atoms with van der Waals surface area (Å²) in [7, 11) is 0. The Kier molecular flexibility index (Phi) is 2.73. The number of rotatable bonds is 4. The summed E-state index contributed by atoms with van der Waals surface area (Å²) in [6, 6.07) is 8.15. The molecule has 0 amide bonds. The topological polar surface area (TPSA) is 25.2 Å². The quantitative estimate of drug-likeness (QED) is 0.743. The maximum Gasteiger partial charge on any atom is 0.156 e. The molecule has 0 aliphatic rings. The highest BCUT2D eigenvalue weighted by atomic mass is 16.3. The fraction of sp³-hybridized carbons (Fsp3) is 0.333. The maximum atomic E-state index is 5.42. The largest absolute Gasteiger partial charge is 0.462 e. The lowest BCUT2D eigenvalue weighted by atomic mass is 10.2. The van der Waals surface area contributed by atoms with Crippen LogP contribution in [-0.4, -0.2) is 6.54 Å². The first-order chi connectivity index (χ1) is 6.92. The third-order valence-electron chi connectivity index (χ3n) is 2.32. The van der Waals surface area contributed by atoms with Gasteiger partial charge < -0.3 is 9.73 Å². The van der Waals surface area contributed by atoms with Crippen LogP contribution in [0.1, 0.15) is 19.8 Å². The summed E-state index contributed by atoms with van der Waals surface area (Å²) in [4.78, 5) is 0. The van der Waals surface area contributed by atoms with Crippen LogP contribution in [0.25, 0.3) is 11.0 Å². The van der Waals surface area contributed by atoms with Gasteiger partial charge in [-0.05, 0) is 18.6 Å². The standard InChI is InChI=1S/C12H15NO/c1-2-3-8-13-11-6-4-5-10-7-9-14-12(10)11/h4-7,9,13H,2-3,8H2,1H3. The first-order valence-corrected chi connectivity index (χ1v) is 5.12. The van der Waals surface area contributed by atoms with Crippen LogP contribution in [0.3, 0.4) is 0 Å². The second-order valence-electron chi connectivity index (χ2n) is 3.42. The van der Waals surface area contributed by atoms with E-state index in [9.17, 15) is 0 Å². The number of anilines is 1. The molecule has 74 valence electrons. The maximum absolute atomic E-state index is 5.42. The van der Waals surface area contributed by atoms with E-state index in [0.717, 1.165) is 23.2 Å². The Morgan fingerprint density at radius 1 is 1.29 bits per heavy atom. The zero-order valence-corrected chi connectivity index (χ0v) is 8.42. The van der Waals surface area contributed by atoms with Gasteiger partial charge in [-0.15, -0.1) is 0 Å². The van der Waals surface area contributed by atoms with Gasteiger partial charge in [-0.25, -0.2) is 0 Å². The van der Waals surface area contributed by atoms with E-state index in [1.807, 2.05) is 12.1 Å². The van der Waals surface area contributed by atoms with Gasteiger partial charge in [-0.2, -0.15) is 0 Å². The first-order valence-electron chi connectivity index (χ1n) is 5.12. The number of furan rings is 1. The molecule has 0 fully saturated rings. The third kappa shape index (κ3) is 1.74. The Morgan fingerprint density at radius 3 is 3.07 bits per heavy atom. The van der Waals surface area contributed by atoms with Crippen LogP contribution in [0.2, 0.25) is 0 Å². The smallest absolute Gasteiger partial charge is 0.156 e. The van der Waals surface area contributed by atoms with Crippen LogP contribution in [0.4, 0.5) is 5.69 Å². The minimum Gasteiger partial charge on any atom is -0.462 e. The molecule has 0 bridgehead atoms. The minimum atomic E-state index is 0.962. The highest BCUT2D eigenvalue weighted by Crippen LogP contribution is 2.23. The fourth-order valence-electron chi connectivity index (χ4n) is 1.53. The van der Waals surface area contributed by atoms with Gasteiger partial charge in [0.1, 0.15) is 0 Å². The van der Waals surface area contributed by atoms with Crippen molar-refractivity contribution in [3.63, 3.8) is 0 Å². The summed E-state index contributed by atoms with van der Waals surface area (Å²) in [5.41, 5.74) is 2.06. The molecule has 0 saturated heterocycles. The van der Waals surface area contributed by atoms with Crippen molar-refractivity contribution in [2.45, 2.75) is 19.8 Å². The molecule has 14 heavy (non-hydrogen) atoms. The molecule has 0 atom stereocenters. The van der Waals surface area contributed by atoms with Crippen LogP contribution in [0.5, 0.6) is 0 Å². The summed E-state index contributed by atoms with van der Waals surface area (Å²) in [6.45, 7) is 3.20. The lowest BCUT2D eigenvalue weighted by Gasteiger charge is -2.05. The van der Waals surface area contributed by atoms with Gasteiger partial charge in [0.2, 0.25) is 0 Å². The second kappa shape index (κ2) is 4.18. The molecule has 0 aliphatic heterocycles. The number of hydrogen-bond donors (Lipinski definition) is 1. The van der Waals surface area contributed by atoms with Crippen molar-refractivity contribution in [3.8, 4) is 0 Å². The average molecular weight is 189 g/mol. The summed E-state index contributed by atoms with van der Waals surface area (Å²) in [5.74, 6) is 0. The second-order valence-corrected chi connectivity index (χ2v) is 3.42. The molecule has 1 heterocycles. The summed E-state index contributed by atoms with van der Waals surface area (Å²) in [5, 5.41) is 4.54. The van der Waals surface area contributed by atoms with Crippen molar-refractivity contribution in [2.75, 3.05) is 11.9 Å². The molecular weight excluding hydrogens is 174 g/mol. The van der Waals surface area contributed by atoms with Crippen molar-refractivity contribution in [1.29, 1.82) is 0 Å². The lowest BCUT2D eigenvalue weighted by molar-refractivity contribution is 0.616. The van der Waals surface area contributed by atoms with Crippen LogP contribution < -0.4 is 5.32 Å². The van der Waals surface area contributed by atoms with E-state index in [-0.39, 0.29) is 0 Å². The molecule has 2 rings (SSSR count). The van der Waals surface area contributed by atoms with Gasteiger partial charge in [0.25, 0.3) is 0 Å². The van der Waals surface area contributed by atoms with E-state index in [1.165, 1.54) is 12.8 Å². The Morgan fingerprint density at radius 2 is 2.21 bits per heavy atom.